The highest BCUT2D eigenvalue weighted by Gasteiger charge is 2.09. The van der Waals surface area contributed by atoms with E-state index in [4.69, 9.17) is 0 Å². The molecule has 0 atom stereocenters. The van der Waals surface area contributed by atoms with Gasteiger partial charge in [0.05, 0.1) is 5.69 Å². The Morgan fingerprint density at radius 1 is 1.04 bits per heavy atom. The molecule has 0 radical (unpaired) electrons. The van der Waals surface area contributed by atoms with Gasteiger partial charge >= 0.3 is 0 Å². The van der Waals surface area contributed by atoms with Crippen LogP contribution in [0.2, 0.25) is 0 Å². The summed E-state index contributed by atoms with van der Waals surface area (Å²) in [6.07, 6.45) is 6.56. The normalized spacial score (nSPS) is 10.3. The van der Waals surface area contributed by atoms with E-state index in [1.807, 2.05) is 24.3 Å². The molecule has 0 fully saturated rings. The molecule has 3 aromatic heterocycles. The summed E-state index contributed by atoms with van der Waals surface area (Å²) in [5.74, 6) is -0.291. The largest absolute Gasteiger partial charge is 0.350 e. The van der Waals surface area contributed by atoms with Crippen LogP contribution in [0.15, 0.2) is 66.0 Å². The lowest BCUT2D eigenvalue weighted by molar-refractivity contribution is -0.122. The van der Waals surface area contributed by atoms with Crippen LogP contribution in [-0.2, 0) is 17.9 Å². The molecular formula is C17H15N5O2. The van der Waals surface area contributed by atoms with E-state index in [-0.39, 0.29) is 18.0 Å². The maximum absolute atomic E-state index is 12.0. The molecule has 24 heavy (non-hydrogen) atoms. The Morgan fingerprint density at radius 2 is 1.83 bits per heavy atom. The van der Waals surface area contributed by atoms with E-state index in [0.29, 0.717) is 6.54 Å². The fourth-order valence-electron chi connectivity index (χ4n) is 2.24. The number of carbonyl (C=O) groups is 1. The van der Waals surface area contributed by atoms with Gasteiger partial charge in [-0.15, -0.1) is 0 Å². The first-order valence-electron chi connectivity index (χ1n) is 7.37. The highest BCUT2D eigenvalue weighted by molar-refractivity contribution is 5.76. The summed E-state index contributed by atoms with van der Waals surface area (Å²) in [6, 6.07) is 10.3. The maximum Gasteiger partial charge on any atom is 0.267 e. The Labute approximate surface area is 138 Å². The first-order valence-corrected chi connectivity index (χ1v) is 7.37. The molecule has 3 heterocycles. The van der Waals surface area contributed by atoms with Gasteiger partial charge in [0.2, 0.25) is 5.91 Å². The molecule has 3 aromatic rings. The third-order valence-corrected chi connectivity index (χ3v) is 3.40. The fraction of sp³-hybridized carbons (Fsp3) is 0.118. The van der Waals surface area contributed by atoms with Crippen molar-refractivity contribution in [2.45, 2.75) is 13.1 Å². The molecule has 0 unspecified atom stereocenters. The number of aromatic nitrogens is 4. The molecule has 1 N–H and O–H groups in total. The van der Waals surface area contributed by atoms with Crippen LogP contribution in [0, 0.1) is 0 Å². The van der Waals surface area contributed by atoms with Gasteiger partial charge in [0.15, 0.2) is 0 Å². The van der Waals surface area contributed by atoms with Crippen LogP contribution < -0.4 is 10.9 Å². The van der Waals surface area contributed by atoms with E-state index in [2.05, 4.69) is 20.4 Å². The third-order valence-electron chi connectivity index (χ3n) is 3.40. The Kier molecular flexibility index (Phi) is 4.71. The molecule has 0 aliphatic heterocycles. The van der Waals surface area contributed by atoms with Crippen LogP contribution in [0.1, 0.15) is 5.56 Å². The van der Waals surface area contributed by atoms with Gasteiger partial charge < -0.3 is 5.32 Å². The zero-order valence-corrected chi connectivity index (χ0v) is 12.8. The van der Waals surface area contributed by atoms with Crippen LogP contribution in [0.3, 0.4) is 0 Å². The third kappa shape index (κ3) is 3.70. The average Bonchev–Trinajstić information content (AvgIpc) is 2.63. The van der Waals surface area contributed by atoms with E-state index in [1.165, 1.54) is 18.3 Å². The molecule has 0 saturated carbocycles. The van der Waals surface area contributed by atoms with Crippen LogP contribution in [0.5, 0.6) is 0 Å². The molecule has 0 spiro atoms. The van der Waals surface area contributed by atoms with Gasteiger partial charge in [-0.25, -0.2) is 4.68 Å². The lowest BCUT2D eigenvalue weighted by atomic mass is 10.1. The average molecular weight is 321 g/mol. The molecule has 1 amide bonds. The molecule has 0 saturated heterocycles. The zero-order valence-electron chi connectivity index (χ0n) is 12.8. The van der Waals surface area contributed by atoms with E-state index in [0.717, 1.165) is 21.5 Å². The summed E-state index contributed by atoms with van der Waals surface area (Å²) >= 11 is 0. The number of hydrogen-bond acceptors (Lipinski definition) is 5. The van der Waals surface area contributed by atoms with Gasteiger partial charge in [-0.1, -0.05) is 6.07 Å². The molecule has 120 valence electrons. The van der Waals surface area contributed by atoms with Crippen LogP contribution in [0.4, 0.5) is 0 Å². The van der Waals surface area contributed by atoms with E-state index < -0.39 is 0 Å². The van der Waals surface area contributed by atoms with Crippen molar-refractivity contribution >= 4 is 5.91 Å². The van der Waals surface area contributed by atoms with Gasteiger partial charge in [-0.2, -0.15) is 5.10 Å². The Hall–Kier alpha value is -3.35. The van der Waals surface area contributed by atoms with E-state index in [1.54, 1.807) is 18.6 Å². The summed E-state index contributed by atoms with van der Waals surface area (Å²) in [6.45, 7) is 0.191. The minimum Gasteiger partial charge on any atom is -0.350 e. The fourth-order valence-corrected chi connectivity index (χ4v) is 2.24. The summed E-state index contributed by atoms with van der Waals surface area (Å²) in [4.78, 5) is 32.0. The highest BCUT2D eigenvalue weighted by Crippen LogP contribution is 2.19. The summed E-state index contributed by atoms with van der Waals surface area (Å²) in [7, 11) is 0. The summed E-state index contributed by atoms with van der Waals surface area (Å²) in [5.41, 5.74) is 2.28. The quantitative estimate of drug-likeness (QED) is 0.757. The molecular weight excluding hydrogens is 306 g/mol. The van der Waals surface area contributed by atoms with Crippen LogP contribution >= 0.6 is 0 Å². The van der Waals surface area contributed by atoms with Crippen molar-refractivity contribution in [1.82, 2.24) is 25.1 Å². The Bertz CT molecular complexity index is 892. The standard InChI is InChI=1S/C17H15N5O2/c23-15(12-22-16(24)4-2-8-21-22)20-11-14-3-1-7-19-17(14)13-5-9-18-10-6-13/h1-10H,11-12H2,(H,20,23). The first-order chi connectivity index (χ1) is 11.7. The number of amides is 1. The molecule has 7 heteroatoms. The molecule has 0 bridgehead atoms. The Balaban J connectivity index is 1.70. The summed E-state index contributed by atoms with van der Waals surface area (Å²) in [5, 5.41) is 6.65. The van der Waals surface area contributed by atoms with Crippen molar-refractivity contribution in [3.63, 3.8) is 0 Å². The first kappa shape index (κ1) is 15.5. The number of nitrogens with zero attached hydrogens (tertiary/aromatic N) is 4. The van der Waals surface area contributed by atoms with Crippen molar-refractivity contribution in [2.24, 2.45) is 0 Å². The van der Waals surface area contributed by atoms with Gasteiger partial charge in [0, 0.05) is 43.0 Å². The van der Waals surface area contributed by atoms with Crippen molar-refractivity contribution in [3.05, 3.63) is 77.1 Å². The number of rotatable bonds is 5. The predicted octanol–water partition coefficient (Wildman–Crippen LogP) is 1.02. The number of nitrogens with one attached hydrogen (secondary N) is 1. The van der Waals surface area contributed by atoms with Crippen molar-refractivity contribution in [3.8, 4) is 11.3 Å². The van der Waals surface area contributed by atoms with Gasteiger partial charge in [0.1, 0.15) is 6.54 Å². The smallest absolute Gasteiger partial charge is 0.267 e. The molecule has 3 rings (SSSR count). The highest BCUT2D eigenvalue weighted by atomic mass is 16.2. The summed E-state index contributed by atoms with van der Waals surface area (Å²) < 4.78 is 1.11. The van der Waals surface area contributed by atoms with Gasteiger partial charge in [-0.05, 0) is 29.8 Å². The van der Waals surface area contributed by atoms with Gasteiger partial charge in [-0.3, -0.25) is 19.6 Å². The second-order valence-corrected chi connectivity index (χ2v) is 5.04. The topological polar surface area (TPSA) is 89.8 Å². The minimum atomic E-state index is -0.313. The van der Waals surface area contributed by atoms with Crippen LogP contribution in [-0.4, -0.2) is 25.7 Å². The SMILES string of the molecule is O=C(Cn1ncccc1=O)NCc1cccnc1-c1ccncc1. The molecule has 7 nitrogen and oxygen atoms in total. The van der Waals surface area contributed by atoms with Gasteiger partial charge in [0.25, 0.3) is 5.56 Å². The molecule has 0 aliphatic carbocycles. The zero-order chi connectivity index (χ0) is 16.8. The molecule has 0 aliphatic rings. The monoisotopic (exact) mass is 321 g/mol. The van der Waals surface area contributed by atoms with Crippen molar-refractivity contribution in [2.75, 3.05) is 0 Å². The Morgan fingerprint density at radius 3 is 2.62 bits per heavy atom. The lowest BCUT2D eigenvalue weighted by Gasteiger charge is -2.10. The maximum atomic E-state index is 12.0. The van der Waals surface area contributed by atoms with Crippen molar-refractivity contribution in [1.29, 1.82) is 0 Å². The van der Waals surface area contributed by atoms with E-state index in [9.17, 15) is 9.59 Å². The second kappa shape index (κ2) is 7.28. The van der Waals surface area contributed by atoms with E-state index >= 15 is 0 Å². The number of carbonyl (C=O) groups excluding carboxylic acids is 1. The second-order valence-electron chi connectivity index (χ2n) is 5.04. The number of pyridine rings is 2. The number of hydrogen-bond donors (Lipinski definition) is 1. The minimum absolute atomic E-state index is 0.121. The lowest BCUT2D eigenvalue weighted by Crippen LogP contribution is -2.33. The predicted molar refractivity (Wildman–Crippen MR) is 87.8 cm³/mol. The molecule has 0 aromatic carbocycles. The van der Waals surface area contributed by atoms with Crippen molar-refractivity contribution < 1.29 is 4.79 Å². The van der Waals surface area contributed by atoms with Crippen LogP contribution in [0.25, 0.3) is 11.3 Å².